The first-order chi connectivity index (χ1) is 8.48. The Morgan fingerprint density at radius 2 is 2.22 bits per heavy atom. The smallest absolute Gasteiger partial charge is 0.222 e. The number of rotatable bonds is 4. The number of halogens is 2. The predicted octanol–water partition coefficient (Wildman–Crippen LogP) is 2.48. The van der Waals surface area contributed by atoms with Crippen molar-refractivity contribution in [1.29, 1.82) is 0 Å². The summed E-state index contributed by atoms with van der Waals surface area (Å²) in [5.74, 6) is -0.429. The van der Waals surface area contributed by atoms with Gasteiger partial charge < -0.3 is 11.1 Å². The second kappa shape index (κ2) is 5.36. The van der Waals surface area contributed by atoms with Crippen LogP contribution in [0, 0.1) is 5.82 Å². The third-order valence-corrected chi connectivity index (χ3v) is 3.84. The van der Waals surface area contributed by atoms with Gasteiger partial charge >= 0.3 is 0 Å². The first kappa shape index (κ1) is 13.5. The second-order valence-corrected chi connectivity index (χ2v) is 5.82. The van der Waals surface area contributed by atoms with Crippen molar-refractivity contribution in [2.45, 2.75) is 37.8 Å². The molecule has 3 nitrogen and oxygen atoms in total. The van der Waals surface area contributed by atoms with Gasteiger partial charge in [0.05, 0.1) is 0 Å². The van der Waals surface area contributed by atoms with E-state index in [-0.39, 0.29) is 23.8 Å². The molecule has 1 aliphatic carbocycles. The molecule has 0 atom stereocenters. The highest BCUT2D eigenvalue weighted by atomic mass is 79.9. The normalized spacial score (nSPS) is 17.1. The van der Waals surface area contributed by atoms with Crippen LogP contribution in [0.2, 0.25) is 0 Å². The summed E-state index contributed by atoms with van der Waals surface area (Å²) in [4.78, 5) is 11.7. The minimum atomic E-state index is -0.333. The number of hydrogen-bond donors (Lipinski definition) is 2. The Bertz CT molecular complexity index is 460. The monoisotopic (exact) mass is 314 g/mol. The van der Waals surface area contributed by atoms with E-state index >= 15 is 0 Å². The van der Waals surface area contributed by atoms with Gasteiger partial charge in [-0.3, -0.25) is 4.79 Å². The molecule has 1 fully saturated rings. The highest BCUT2D eigenvalue weighted by Gasteiger charge is 2.34. The highest BCUT2D eigenvalue weighted by Crippen LogP contribution is 2.31. The SMILES string of the molecule is NC1(CC(=O)NCc2cc(Br)ccc2F)CCC1. The van der Waals surface area contributed by atoms with Crippen LogP contribution in [0.1, 0.15) is 31.2 Å². The maximum Gasteiger partial charge on any atom is 0.222 e. The van der Waals surface area contributed by atoms with E-state index in [1.807, 2.05) is 0 Å². The van der Waals surface area contributed by atoms with E-state index in [0.717, 1.165) is 23.7 Å². The van der Waals surface area contributed by atoms with E-state index in [1.165, 1.54) is 6.07 Å². The van der Waals surface area contributed by atoms with Crippen LogP contribution in [0.3, 0.4) is 0 Å². The highest BCUT2D eigenvalue weighted by molar-refractivity contribution is 9.10. The predicted molar refractivity (Wildman–Crippen MR) is 71.3 cm³/mol. The third-order valence-electron chi connectivity index (χ3n) is 3.35. The van der Waals surface area contributed by atoms with Crippen molar-refractivity contribution < 1.29 is 9.18 Å². The molecule has 2 rings (SSSR count). The van der Waals surface area contributed by atoms with E-state index in [9.17, 15) is 9.18 Å². The molecule has 98 valence electrons. The summed E-state index contributed by atoms with van der Waals surface area (Å²) in [7, 11) is 0. The summed E-state index contributed by atoms with van der Waals surface area (Å²) in [6.07, 6.45) is 3.20. The van der Waals surface area contributed by atoms with Crippen molar-refractivity contribution >= 4 is 21.8 Å². The molecular formula is C13H16BrFN2O. The lowest BCUT2D eigenvalue weighted by molar-refractivity contribution is -0.123. The third kappa shape index (κ3) is 3.29. The number of amides is 1. The average molecular weight is 315 g/mol. The zero-order chi connectivity index (χ0) is 13.2. The molecule has 0 aromatic heterocycles. The fourth-order valence-electron chi connectivity index (χ4n) is 2.06. The van der Waals surface area contributed by atoms with Crippen LogP contribution < -0.4 is 11.1 Å². The summed E-state index contributed by atoms with van der Waals surface area (Å²) in [6.45, 7) is 0.195. The van der Waals surface area contributed by atoms with Crippen LogP contribution in [0.25, 0.3) is 0 Å². The van der Waals surface area contributed by atoms with Gasteiger partial charge in [-0.15, -0.1) is 0 Å². The van der Waals surface area contributed by atoms with Gasteiger partial charge in [0.15, 0.2) is 0 Å². The minimum absolute atomic E-state index is 0.114. The van der Waals surface area contributed by atoms with Gasteiger partial charge in [0.2, 0.25) is 5.91 Å². The molecule has 1 amide bonds. The van der Waals surface area contributed by atoms with Crippen LogP contribution in [-0.2, 0) is 11.3 Å². The summed E-state index contributed by atoms with van der Waals surface area (Å²) < 4.78 is 14.2. The zero-order valence-electron chi connectivity index (χ0n) is 10.0. The topological polar surface area (TPSA) is 55.1 Å². The fraction of sp³-hybridized carbons (Fsp3) is 0.462. The molecule has 1 saturated carbocycles. The van der Waals surface area contributed by atoms with Gasteiger partial charge in [0.25, 0.3) is 0 Å². The lowest BCUT2D eigenvalue weighted by Gasteiger charge is -2.37. The van der Waals surface area contributed by atoms with E-state index < -0.39 is 0 Å². The Kier molecular flexibility index (Phi) is 4.02. The number of nitrogens with one attached hydrogen (secondary N) is 1. The quantitative estimate of drug-likeness (QED) is 0.897. The molecule has 0 unspecified atom stereocenters. The van der Waals surface area contributed by atoms with E-state index in [2.05, 4.69) is 21.2 Å². The number of hydrogen-bond acceptors (Lipinski definition) is 2. The lowest BCUT2D eigenvalue weighted by atomic mass is 9.75. The van der Waals surface area contributed by atoms with E-state index in [0.29, 0.717) is 12.0 Å². The Morgan fingerprint density at radius 3 is 2.83 bits per heavy atom. The van der Waals surface area contributed by atoms with Crippen molar-refractivity contribution in [2.24, 2.45) is 5.73 Å². The molecule has 0 bridgehead atoms. The molecule has 18 heavy (non-hydrogen) atoms. The molecule has 0 heterocycles. The molecule has 0 saturated heterocycles. The van der Waals surface area contributed by atoms with Gasteiger partial charge in [-0.05, 0) is 37.5 Å². The fourth-order valence-corrected chi connectivity index (χ4v) is 2.47. The Labute approximate surface area is 114 Å². The molecular weight excluding hydrogens is 299 g/mol. The Morgan fingerprint density at radius 1 is 1.50 bits per heavy atom. The van der Waals surface area contributed by atoms with Gasteiger partial charge in [-0.2, -0.15) is 0 Å². The second-order valence-electron chi connectivity index (χ2n) is 4.91. The zero-order valence-corrected chi connectivity index (χ0v) is 11.6. The molecule has 0 spiro atoms. The molecule has 0 radical (unpaired) electrons. The molecule has 3 N–H and O–H groups in total. The van der Waals surface area contributed by atoms with E-state index in [4.69, 9.17) is 5.73 Å². The Hall–Kier alpha value is -0.940. The molecule has 0 aliphatic heterocycles. The van der Waals surface area contributed by atoms with Crippen LogP contribution in [0.5, 0.6) is 0 Å². The number of benzene rings is 1. The minimum Gasteiger partial charge on any atom is -0.352 e. The largest absolute Gasteiger partial charge is 0.352 e. The standard InChI is InChI=1S/C13H16BrFN2O/c14-10-2-3-11(15)9(6-10)8-17-12(18)7-13(16)4-1-5-13/h2-3,6H,1,4-5,7-8,16H2,(H,17,18). The lowest BCUT2D eigenvalue weighted by Crippen LogP contribution is -2.49. The number of carbonyl (C=O) groups is 1. The molecule has 1 aliphatic rings. The summed E-state index contributed by atoms with van der Waals surface area (Å²) in [6, 6.07) is 4.67. The molecule has 5 heteroatoms. The van der Waals surface area contributed by atoms with Crippen molar-refractivity contribution in [2.75, 3.05) is 0 Å². The summed E-state index contributed by atoms with van der Waals surface area (Å²) in [5.41, 5.74) is 6.12. The Balaban J connectivity index is 1.87. The van der Waals surface area contributed by atoms with Crippen LogP contribution >= 0.6 is 15.9 Å². The average Bonchev–Trinajstić information content (AvgIpc) is 2.28. The maximum absolute atomic E-state index is 13.4. The van der Waals surface area contributed by atoms with Crippen LogP contribution in [-0.4, -0.2) is 11.4 Å². The molecule has 1 aromatic rings. The summed E-state index contributed by atoms with van der Waals surface area (Å²) >= 11 is 3.27. The van der Waals surface area contributed by atoms with Crippen LogP contribution in [0.15, 0.2) is 22.7 Å². The first-order valence-electron chi connectivity index (χ1n) is 5.98. The van der Waals surface area contributed by atoms with Crippen molar-refractivity contribution in [3.8, 4) is 0 Å². The van der Waals surface area contributed by atoms with Gasteiger partial charge in [-0.1, -0.05) is 15.9 Å². The molecule has 1 aromatic carbocycles. The van der Waals surface area contributed by atoms with Crippen molar-refractivity contribution in [1.82, 2.24) is 5.32 Å². The van der Waals surface area contributed by atoms with Crippen LogP contribution in [0.4, 0.5) is 4.39 Å². The number of nitrogens with two attached hydrogens (primary N) is 1. The first-order valence-corrected chi connectivity index (χ1v) is 6.77. The summed E-state index contributed by atoms with van der Waals surface area (Å²) in [5, 5.41) is 2.71. The van der Waals surface area contributed by atoms with Gasteiger partial charge in [0.1, 0.15) is 5.82 Å². The van der Waals surface area contributed by atoms with Crippen molar-refractivity contribution in [3.05, 3.63) is 34.1 Å². The number of carbonyl (C=O) groups excluding carboxylic acids is 1. The van der Waals surface area contributed by atoms with Gasteiger partial charge in [0, 0.05) is 28.5 Å². The maximum atomic E-state index is 13.4. The van der Waals surface area contributed by atoms with Crippen molar-refractivity contribution in [3.63, 3.8) is 0 Å². The van der Waals surface area contributed by atoms with Gasteiger partial charge in [-0.25, -0.2) is 4.39 Å². The van der Waals surface area contributed by atoms with E-state index in [1.54, 1.807) is 12.1 Å².